The molecule has 0 saturated carbocycles. The third-order valence-corrected chi connectivity index (χ3v) is 17.0. The Bertz CT molecular complexity index is 2220. The van der Waals surface area contributed by atoms with Crippen LogP contribution in [0.1, 0.15) is 112 Å². The van der Waals surface area contributed by atoms with Crippen molar-refractivity contribution in [3.63, 3.8) is 0 Å². The predicted octanol–water partition coefficient (Wildman–Crippen LogP) is 5.03. The predicted molar refractivity (Wildman–Crippen MR) is 284 cm³/mol. The number of methoxy groups -OCH3 is 2. The van der Waals surface area contributed by atoms with Crippen LogP contribution in [0.2, 0.25) is 0 Å². The lowest BCUT2D eigenvalue weighted by Gasteiger charge is -2.49. The minimum absolute atomic E-state index is 0.0601. The van der Waals surface area contributed by atoms with E-state index >= 15 is 0 Å². The zero-order chi connectivity index (χ0) is 57.0. The second-order valence-electron chi connectivity index (χ2n) is 23.4. The largest absolute Gasteiger partial charge is 0.459 e. The number of cyclic esters (lactones) is 1. The van der Waals surface area contributed by atoms with Crippen molar-refractivity contribution in [2.75, 3.05) is 34.9 Å². The molecule has 5 saturated heterocycles. The van der Waals surface area contributed by atoms with Crippen LogP contribution in [0.5, 0.6) is 0 Å². The molecule has 5 heterocycles. The van der Waals surface area contributed by atoms with E-state index in [4.69, 9.17) is 62.1 Å². The number of likely N-dealkylation sites (N-methyl/N-ethyl adjacent to an activating group) is 1. The van der Waals surface area contributed by atoms with Gasteiger partial charge in [-0.2, -0.15) is 0 Å². The summed E-state index contributed by atoms with van der Waals surface area (Å²) in [6.45, 7) is 17.2. The first-order valence-corrected chi connectivity index (χ1v) is 27.8. The molecule has 1 unspecified atom stereocenters. The summed E-state index contributed by atoms with van der Waals surface area (Å²) in [5.41, 5.74) is -3.22. The third-order valence-electron chi connectivity index (χ3n) is 17.0. The molecule has 0 spiro atoms. The first kappa shape index (κ1) is 62.3. The zero-order valence-corrected chi connectivity index (χ0v) is 48.1. The summed E-state index contributed by atoms with van der Waals surface area (Å²) in [6.07, 6.45) is -15.7. The van der Waals surface area contributed by atoms with Gasteiger partial charge in [-0.1, -0.05) is 93.5 Å². The number of nitrogens with zero attached hydrogens (tertiary/aromatic N) is 2. The number of ether oxygens (including phenoxy) is 11. The zero-order valence-electron chi connectivity index (χ0n) is 48.1. The van der Waals surface area contributed by atoms with Gasteiger partial charge in [0, 0.05) is 50.0 Å². The van der Waals surface area contributed by atoms with Gasteiger partial charge in [0.2, 0.25) is 0 Å². The van der Waals surface area contributed by atoms with Crippen LogP contribution < -0.4 is 0 Å². The van der Waals surface area contributed by atoms with Crippen molar-refractivity contribution in [3.8, 4) is 0 Å². The standard InChI is InChI=1S/C58H90N2O18/c1-15-41-58(10,66)49(62)33(4)43(59-78-47-46-40(30-70-53(76-46)38-24-20-17-21-25-38)73-55(67-13)48(47)69-29-37-22-18-16-19-23-37)31(2)27-56(8,65)51(77-54-44(61)39(60(11)12)26-32(3)71-54)34(5)45(35(6)52(64)74-41)75-42-28-57(9,68-14)50(63)36(7)72-42/h16-25,31-36,39-42,44-51,53-55,61-63,65-66H,15,26-30H2,1-14H3/b59-43+/t31-,32-,33+,34+,35-,36+,39+,40-,41-,42+,44-,45+,46-,47-,48-,49-,50+,51-,53?,54+,55-,56-,57-,58-/m1/s1. The highest BCUT2D eigenvalue weighted by Crippen LogP contribution is 2.43. The summed E-state index contributed by atoms with van der Waals surface area (Å²) in [5.74, 6) is -4.62. The highest BCUT2D eigenvalue weighted by Gasteiger charge is 2.56. The molecule has 0 aromatic heterocycles. The maximum absolute atomic E-state index is 14.8. The first-order valence-electron chi connectivity index (χ1n) is 27.8. The van der Waals surface area contributed by atoms with Gasteiger partial charge in [-0.3, -0.25) is 4.79 Å². The number of fused-ring (bicyclic) bond motifs is 1. The Morgan fingerprint density at radius 2 is 1.45 bits per heavy atom. The molecule has 2 aromatic rings. The van der Waals surface area contributed by atoms with Gasteiger partial charge < -0.3 is 87.4 Å². The van der Waals surface area contributed by atoms with E-state index in [1.807, 2.05) is 93.5 Å². The summed E-state index contributed by atoms with van der Waals surface area (Å²) >= 11 is 0. The molecule has 20 nitrogen and oxygen atoms in total. The number of esters is 1. The van der Waals surface area contributed by atoms with E-state index < -0.39 is 139 Å². The molecule has 5 aliphatic heterocycles. The van der Waals surface area contributed by atoms with Crippen molar-refractivity contribution in [2.24, 2.45) is 28.8 Å². The molecular weight excluding hydrogens is 1010 g/mol. The summed E-state index contributed by atoms with van der Waals surface area (Å²) in [7, 11) is 6.72. The SMILES string of the molecule is CC[C@H]1OC(=O)[C@H](C)[C@@H](O[C@H]2C[C@@](C)(OC)[C@@H](O)[C@H](C)O2)[C@H](C)[C@@H](O[C@@H]2O[C@H](C)C[C@H](N(C)C)[C@H]2O)[C@](C)(O)C[C@@H](C)/C(=N\O[C@H]2[C@@H](OCc3ccccc3)[C@H](OC)O[C@@H]3COC(c4ccccc4)O[C@@H]23)[C@H](C)[C@@H](O)[C@]1(C)O. The van der Waals surface area contributed by atoms with Crippen LogP contribution in [0.15, 0.2) is 65.8 Å². The minimum atomic E-state index is -2.09. The molecule has 24 atom stereocenters. The average molecular weight is 1100 g/mol. The van der Waals surface area contributed by atoms with Crippen LogP contribution in [0.4, 0.5) is 0 Å². The Labute approximate surface area is 460 Å². The van der Waals surface area contributed by atoms with Crippen molar-refractivity contribution in [1.82, 2.24) is 4.90 Å². The van der Waals surface area contributed by atoms with Crippen molar-refractivity contribution in [2.45, 2.75) is 223 Å². The molecule has 5 N–H and O–H groups in total. The van der Waals surface area contributed by atoms with Gasteiger partial charge in [-0.05, 0) is 80.5 Å². The van der Waals surface area contributed by atoms with Crippen LogP contribution in [0, 0.1) is 23.7 Å². The maximum atomic E-state index is 14.8. The van der Waals surface area contributed by atoms with Gasteiger partial charge in [0.1, 0.15) is 36.1 Å². The lowest BCUT2D eigenvalue weighted by Crippen LogP contribution is -2.63. The molecule has 5 fully saturated rings. The molecule has 78 heavy (non-hydrogen) atoms. The monoisotopic (exact) mass is 1100 g/mol. The van der Waals surface area contributed by atoms with Gasteiger partial charge in [0.15, 0.2) is 37.4 Å². The van der Waals surface area contributed by atoms with Gasteiger partial charge in [0.25, 0.3) is 0 Å². The number of benzene rings is 2. The number of aliphatic hydroxyl groups excluding tert-OH is 3. The fourth-order valence-electron chi connectivity index (χ4n) is 12.3. The normalized spacial score (nSPS) is 44.8. The molecule has 0 bridgehead atoms. The van der Waals surface area contributed by atoms with E-state index in [2.05, 4.69) is 0 Å². The summed E-state index contributed by atoms with van der Waals surface area (Å²) in [4.78, 5) is 23.5. The highest BCUT2D eigenvalue weighted by atomic mass is 16.8. The quantitative estimate of drug-likeness (QED) is 0.123. The van der Waals surface area contributed by atoms with Crippen LogP contribution in [0.3, 0.4) is 0 Å². The van der Waals surface area contributed by atoms with Gasteiger partial charge >= 0.3 is 5.97 Å². The Morgan fingerprint density at radius 1 is 0.782 bits per heavy atom. The number of rotatable bonds is 14. The fraction of sp³-hybridized carbons (Fsp3) is 0.759. The second-order valence-corrected chi connectivity index (χ2v) is 23.4. The maximum Gasteiger partial charge on any atom is 0.311 e. The van der Waals surface area contributed by atoms with E-state index in [0.717, 1.165) is 11.1 Å². The molecule has 440 valence electrons. The number of hydrogen-bond donors (Lipinski definition) is 5. The molecule has 7 rings (SSSR count). The molecule has 0 aliphatic carbocycles. The molecule has 0 amide bonds. The van der Waals surface area contributed by atoms with Crippen molar-refractivity contribution in [1.29, 1.82) is 0 Å². The molecular formula is C58H90N2O18. The van der Waals surface area contributed by atoms with Crippen molar-refractivity contribution < 1.29 is 87.3 Å². The number of carbonyl (C=O) groups is 1. The number of aliphatic hydroxyl groups is 5. The summed E-state index contributed by atoms with van der Waals surface area (Å²) in [5, 5.41) is 66.5. The van der Waals surface area contributed by atoms with Crippen LogP contribution >= 0.6 is 0 Å². The molecule has 0 radical (unpaired) electrons. The number of carbonyl (C=O) groups excluding carboxylic acids is 1. The van der Waals surface area contributed by atoms with E-state index in [9.17, 15) is 30.3 Å². The average Bonchev–Trinajstić information content (AvgIpc) is 3.42. The molecule has 20 heteroatoms. The van der Waals surface area contributed by atoms with E-state index in [1.165, 1.54) is 21.1 Å². The molecule has 5 aliphatic rings. The Balaban J connectivity index is 1.33. The van der Waals surface area contributed by atoms with Crippen LogP contribution in [0.25, 0.3) is 0 Å². The highest BCUT2D eigenvalue weighted by molar-refractivity contribution is 5.88. The summed E-state index contributed by atoms with van der Waals surface area (Å²) in [6, 6.07) is 18.7. The second kappa shape index (κ2) is 26.3. The topological polar surface area (TPSA) is 245 Å². The molecule has 2 aromatic carbocycles. The first-order chi connectivity index (χ1) is 36.8. The van der Waals surface area contributed by atoms with Gasteiger partial charge in [-0.25, -0.2) is 0 Å². The Kier molecular flexibility index (Phi) is 21.0. The Morgan fingerprint density at radius 3 is 2.08 bits per heavy atom. The third kappa shape index (κ3) is 13.8. The van der Waals surface area contributed by atoms with E-state index in [0.29, 0.717) is 6.42 Å². The van der Waals surface area contributed by atoms with Crippen molar-refractivity contribution in [3.05, 3.63) is 71.8 Å². The van der Waals surface area contributed by atoms with E-state index in [1.54, 1.807) is 48.5 Å². The Hall–Kier alpha value is -3.26. The smallest absolute Gasteiger partial charge is 0.311 e. The lowest BCUT2D eigenvalue weighted by atomic mass is 9.73. The number of oxime groups is 1. The van der Waals surface area contributed by atoms with Crippen LogP contribution in [-0.2, 0) is 68.3 Å². The van der Waals surface area contributed by atoms with E-state index in [-0.39, 0.29) is 50.3 Å². The van der Waals surface area contributed by atoms with Crippen molar-refractivity contribution >= 4 is 11.7 Å². The van der Waals surface area contributed by atoms with Gasteiger partial charge in [-0.15, -0.1) is 0 Å². The summed E-state index contributed by atoms with van der Waals surface area (Å²) < 4.78 is 70.4. The van der Waals surface area contributed by atoms with Crippen LogP contribution in [-0.4, -0.2) is 192 Å². The minimum Gasteiger partial charge on any atom is -0.459 e. The number of hydrogen-bond acceptors (Lipinski definition) is 20. The lowest BCUT2D eigenvalue weighted by molar-refractivity contribution is -0.368. The fourth-order valence-corrected chi connectivity index (χ4v) is 12.3. The van der Waals surface area contributed by atoms with Gasteiger partial charge in [0.05, 0.1) is 66.6 Å².